The predicted molar refractivity (Wildman–Crippen MR) is 93.3 cm³/mol. The fraction of sp³-hybridized carbons (Fsp3) is 0.412. The standard InChI is InChI=1S/C17H22N4O3/c1-5-7-21-14-13(15(22)19-17(21)24)8-12(9-18-14)16(23)20(6-2)10-11(3)4/h8-9H,3,5-7,10H2,1-2,4H3,(H,19,22,24). The van der Waals surface area contributed by atoms with Gasteiger partial charge >= 0.3 is 5.69 Å². The molecule has 0 saturated carbocycles. The van der Waals surface area contributed by atoms with Crippen LogP contribution in [0.1, 0.15) is 37.6 Å². The highest BCUT2D eigenvalue weighted by Gasteiger charge is 2.17. The molecule has 0 unspecified atom stereocenters. The van der Waals surface area contributed by atoms with Crippen LogP contribution in [0.15, 0.2) is 34.0 Å². The van der Waals surface area contributed by atoms with Gasteiger partial charge in [0.15, 0.2) is 0 Å². The summed E-state index contributed by atoms with van der Waals surface area (Å²) in [5, 5.41) is 0.236. The van der Waals surface area contributed by atoms with Crippen LogP contribution in [0.2, 0.25) is 0 Å². The second kappa shape index (κ2) is 7.25. The van der Waals surface area contributed by atoms with Crippen molar-refractivity contribution in [2.24, 2.45) is 0 Å². The van der Waals surface area contributed by atoms with Crippen LogP contribution >= 0.6 is 0 Å². The van der Waals surface area contributed by atoms with Gasteiger partial charge in [-0.2, -0.15) is 0 Å². The number of fused-ring (bicyclic) bond motifs is 1. The van der Waals surface area contributed by atoms with E-state index in [0.717, 1.165) is 12.0 Å². The Labute approximate surface area is 139 Å². The molecule has 2 aromatic heterocycles. The summed E-state index contributed by atoms with van der Waals surface area (Å²) in [5.74, 6) is -0.220. The molecule has 2 heterocycles. The topological polar surface area (TPSA) is 88.1 Å². The molecule has 24 heavy (non-hydrogen) atoms. The maximum atomic E-state index is 12.6. The van der Waals surface area contributed by atoms with E-state index in [9.17, 15) is 14.4 Å². The van der Waals surface area contributed by atoms with Crippen LogP contribution in [0, 0.1) is 0 Å². The number of aromatic amines is 1. The first-order chi connectivity index (χ1) is 11.4. The van der Waals surface area contributed by atoms with Crippen molar-refractivity contribution in [2.75, 3.05) is 13.1 Å². The summed E-state index contributed by atoms with van der Waals surface area (Å²) in [6.07, 6.45) is 2.14. The van der Waals surface area contributed by atoms with Crippen LogP contribution in [0.5, 0.6) is 0 Å². The van der Waals surface area contributed by atoms with Crippen LogP contribution in [-0.4, -0.2) is 38.4 Å². The Balaban J connectivity index is 2.55. The average Bonchev–Trinajstić information content (AvgIpc) is 2.55. The summed E-state index contributed by atoms with van der Waals surface area (Å²) in [5.41, 5.74) is 0.460. The Morgan fingerprint density at radius 1 is 1.38 bits per heavy atom. The van der Waals surface area contributed by atoms with Crippen molar-refractivity contribution in [2.45, 2.75) is 33.7 Å². The fourth-order valence-corrected chi connectivity index (χ4v) is 2.55. The summed E-state index contributed by atoms with van der Waals surface area (Å²) in [7, 11) is 0. The summed E-state index contributed by atoms with van der Waals surface area (Å²) in [6.45, 7) is 10.9. The van der Waals surface area contributed by atoms with E-state index in [-0.39, 0.29) is 11.3 Å². The second-order valence-electron chi connectivity index (χ2n) is 5.78. The first-order valence-electron chi connectivity index (χ1n) is 7.95. The quantitative estimate of drug-likeness (QED) is 0.814. The number of aryl methyl sites for hydroxylation is 1. The van der Waals surface area contributed by atoms with E-state index in [4.69, 9.17) is 0 Å². The number of carbonyl (C=O) groups excluding carboxylic acids is 1. The molecule has 2 aromatic rings. The highest BCUT2D eigenvalue weighted by Crippen LogP contribution is 2.11. The number of amides is 1. The minimum Gasteiger partial charge on any atom is -0.335 e. The van der Waals surface area contributed by atoms with Crippen LogP contribution in [0.25, 0.3) is 11.0 Å². The van der Waals surface area contributed by atoms with Crippen LogP contribution in [0.4, 0.5) is 0 Å². The van der Waals surface area contributed by atoms with Crippen molar-refractivity contribution in [3.05, 3.63) is 50.8 Å². The molecule has 0 atom stereocenters. The van der Waals surface area contributed by atoms with Crippen molar-refractivity contribution in [3.63, 3.8) is 0 Å². The average molecular weight is 330 g/mol. The predicted octanol–water partition coefficient (Wildman–Crippen LogP) is 1.53. The molecule has 7 nitrogen and oxygen atoms in total. The molecule has 2 rings (SSSR count). The molecule has 0 bridgehead atoms. The lowest BCUT2D eigenvalue weighted by Crippen LogP contribution is -2.33. The Hall–Kier alpha value is -2.70. The van der Waals surface area contributed by atoms with E-state index in [1.165, 1.54) is 16.8 Å². The second-order valence-corrected chi connectivity index (χ2v) is 5.78. The Bertz CT molecular complexity index is 895. The third-order valence-corrected chi connectivity index (χ3v) is 3.66. The number of nitrogens with zero attached hydrogens (tertiary/aromatic N) is 3. The Morgan fingerprint density at radius 3 is 2.67 bits per heavy atom. The number of H-pyrrole nitrogens is 1. The number of hydrogen-bond acceptors (Lipinski definition) is 4. The molecule has 0 saturated heterocycles. The van der Waals surface area contributed by atoms with Gasteiger partial charge < -0.3 is 4.90 Å². The zero-order valence-electron chi connectivity index (χ0n) is 14.3. The molecule has 0 fully saturated rings. The van der Waals surface area contributed by atoms with Gasteiger partial charge in [0.05, 0.1) is 10.9 Å². The Morgan fingerprint density at radius 2 is 2.08 bits per heavy atom. The lowest BCUT2D eigenvalue weighted by atomic mass is 10.2. The van der Waals surface area contributed by atoms with Gasteiger partial charge in [-0.15, -0.1) is 0 Å². The van der Waals surface area contributed by atoms with Crippen molar-refractivity contribution < 1.29 is 4.79 Å². The minimum atomic E-state index is -0.535. The lowest BCUT2D eigenvalue weighted by molar-refractivity contribution is 0.0778. The van der Waals surface area contributed by atoms with Crippen molar-refractivity contribution in [1.29, 1.82) is 0 Å². The normalized spacial score (nSPS) is 10.8. The number of likely N-dealkylation sites (N-methyl/N-ethyl adjacent to an activating group) is 1. The molecule has 0 spiro atoms. The largest absolute Gasteiger partial charge is 0.335 e. The lowest BCUT2D eigenvalue weighted by Gasteiger charge is -2.21. The van der Waals surface area contributed by atoms with Crippen molar-refractivity contribution >= 4 is 16.9 Å². The molecule has 0 aliphatic carbocycles. The molecule has 0 aliphatic rings. The van der Waals surface area contributed by atoms with Gasteiger partial charge in [-0.25, -0.2) is 9.78 Å². The van der Waals surface area contributed by atoms with E-state index >= 15 is 0 Å². The summed E-state index contributed by atoms with van der Waals surface area (Å²) in [4.78, 5) is 44.7. The number of carbonyl (C=O) groups is 1. The summed E-state index contributed by atoms with van der Waals surface area (Å²) < 4.78 is 1.41. The summed E-state index contributed by atoms with van der Waals surface area (Å²) in [6, 6.07) is 1.50. The summed E-state index contributed by atoms with van der Waals surface area (Å²) >= 11 is 0. The van der Waals surface area contributed by atoms with Crippen LogP contribution < -0.4 is 11.2 Å². The monoisotopic (exact) mass is 330 g/mol. The van der Waals surface area contributed by atoms with E-state index in [1.807, 2.05) is 20.8 Å². The molecular weight excluding hydrogens is 308 g/mol. The number of nitrogens with one attached hydrogen (secondary N) is 1. The molecule has 0 aliphatic heterocycles. The number of pyridine rings is 1. The number of aromatic nitrogens is 3. The van der Waals surface area contributed by atoms with E-state index in [0.29, 0.717) is 30.8 Å². The van der Waals surface area contributed by atoms with E-state index in [2.05, 4.69) is 16.5 Å². The van der Waals surface area contributed by atoms with Gasteiger partial charge in [0.25, 0.3) is 11.5 Å². The van der Waals surface area contributed by atoms with Gasteiger partial charge in [-0.05, 0) is 26.3 Å². The first-order valence-corrected chi connectivity index (χ1v) is 7.95. The highest BCUT2D eigenvalue weighted by atomic mass is 16.2. The van der Waals surface area contributed by atoms with Crippen molar-refractivity contribution in [3.8, 4) is 0 Å². The molecule has 1 N–H and O–H groups in total. The maximum absolute atomic E-state index is 12.6. The molecule has 0 aromatic carbocycles. The zero-order valence-corrected chi connectivity index (χ0v) is 14.3. The van der Waals surface area contributed by atoms with Gasteiger partial charge in [-0.3, -0.25) is 19.1 Å². The Kier molecular flexibility index (Phi) is 5.33. The highest BCUT2D eigenvalue weighted by molar-refractivity contribution is 5.96. The zero-order chi connectivity index (χ0) is 17.9. The third kappa shape index (κ3) is 3.45. The molecular formula is C17H22N4O3. The number of rotatable bonds is 6. The van der Waals surface area contributed by atoms with Crippen molar-refractivity contribution in [1.82, 2.24) is 19.4 Å². The molecule has 7 heteroatoms. The van der Waals surface area contributed by atoms with E-state index in [1.54, 1.807) is 4.90 Å². The van der Waals surface area contributed by atoms with Gasteiger partial charge in [0, 0.05) is 25.8 Å². The molecule has 1 amide bonds. The van der Waals surface area contributed by atoms with Crippen LogP contribution in [0.3, 0.4) is 0 Å². The smallest absolute Gasteiger partial charge is 0.329 e. The van der Waals surface area contributed by atoms with Gasteiger partial charge in [0.1, 0.15) is 5.65 Å². The SMILES string of the molecule is C=C(C)CN(CC)C(=O)c1cnc2c(c1)c(=O)[nH]c(=O)n2CCC. The van der Waals surface area contributed by atoms with Gasteiger partial charge in [0.2, 0.25) is 0 Å². The third-order valence-electron chi connectivity index (χ3n) is 3.66. The fourth-order valence-electron chi connectivity index (χ4n) is 2.55. The minimum absolute atomic E-state index is 0.220. The number of hydrogen-bond donors (Lipinski definition) is 1. The maximum Gasteiger partial charge on any atom is 0.329 e. The molecule has 128 valence electrons. The van der Waals surface area contributed by atoms with Gasteiger partial charge in [-0.1, -0.05) is 19.1 Å². The first kappa shape index (κ1) is 17.7. The van der Waals surface area contributed by atoms with E-state index < -0.39 is 11.2 Å². The molecule has 0 radical (unpaired) electrons. The van der Waals surface area contributed by atoms with Crippen LogP contribution in [-0.2, 0) is 6.54 Å².